The molecule has 0 saturated carbocycles. The van der Waals surface area contributed by atoms with Gasteiger partial charge in [-0.25, -0.2) is 9.59 Å². The van der Waals surface area contributed by atoms with Crippen LogP contribution >= 0.6 is 0 Å². The molecule has 0 heterocycles. The fourth-order valence-electron chi connectivity index (χ4n) is 2.42. The zero-order valence-electron chi connectivity index (χ0n) is 15.2. The lowest BCUT2D eigenvalue weighted by atomic mass is 10.1. The van der Waals surface area contributed by atoms with E-state index in [0.29, 0.717) is 30.9 Å². The van der Waals surface area contributed by atoms with E-state index in [1.54, 1.807) is 24.3 Å². The van der Waals surface area contributed by atoms with Crippen LogP contribution in [0.2, 0.25) is 0 Å². The van der Waals surface area contributed by atoms with Crippen molar-refractivity contribution in [3.05, 3.63) is 60.2 Å². The maximum absolute atomic E-state index is 12.1. The van der Waals surface area contributed by atoms with Gasteiger partial charge in [-0.2, -0.15) is 5.26 Å². The first-order valence-electron chi connectivity index (χ1n) is 8.82. The summed E-state index contributed by atoms with van der Waals surface area (Å²) < 4.78 is 5.69. The summed E-state index contributed by atoms with van der Waals surface area (Å²) >= 11 is 0. The van der Waals surface area contributed by atoms with E-state index in [1.165, 1.54) is 0 Å². The normalized spacial score (nSPS) is 11.3. The van der Waals surface area contributed by atoms with E-state index >= 15 is 0 Å². The minimum Gasteiger partial charge on any atom is -0.489 e. The summed E-state index contributed by atoms with van der Waals surface area (Å²) in [6.45, 7) is 2.42. The number of benzene rings is 2. The van der Waals surface area contributed by atoms with E-state index in [1.807, 2.05) is 37.3 Å². The summed E-state index contributed by atoms with van der Waals surface area (Å²) in [5.41, 5.74) is 1.61. The maximum atomic E-state index is 12.1. The van der Waals surface area contributed by atoms with Crippen LogP contribution in [0.5, 0.6) is 5.75 Å². The van der Waals surface area contributed by atoms with E-state index in [9.17, 15) is 9.59 Å². The van der Waals surface area contributed by atoms with Crippen LogP contribution in [-0.2, 0) is 16.3 Å². The van der Waals surface area contributed by atoms with Crippen LogP contribution in [0.15, 0.2) is 54.6 Å². The average molecular weight is 372 g/mol. The second kappa shape index (κ2) is 10.8. The molecule has 2 aromatic rings. The van der Waals surface area contributed by atoms with Crippen LogP contribution in [0, 0.1) is 0 Å². The molecule has 0 spiro atoms. The number of carbonyl (C=O) groups excluding carboxylic acids is 2. The van der Waals surface area contributed by atoms with Crippen LogP contribution in [0.3, 0.4) is 0 Å². The van der Waals surface area contributed by atoms with Crippen molar-refractivity contribution in [3.8, 4) is 5.75 Å². The second-order valence-corrected chi connectivity index (χ2v) is 6.00. The summed E-state index contributed by atoms with van der Waals surface area (Å²) in [7, 11) is 0. The molecule has 1 atom stereocenters. The standard InChI is InChI=1S/C20H24N2O5/c1-2-3-9-18(19(23)27-25)22-20(24)21-16-10-12-17(13-11-16)26-14-15-7-5-4-6-8-15/h4-8,10-13,18,25H,2-3,9,14H2,1H3,(H2,21,22,24)/t18-/m0/s1. The lowest BCUT2D eigenvalue weighted by Gasteiger charge is -2.15. The maximum Gasteiger partial charge on any atom is 0.364 e. The Labute approximate surface area is 158 Å². The molecule has 0 bridgehead atoms. The Morgan fingerprint density at radius 3 is 2.41 bits per heavy atom. The molecular formula is C20H24N2O5. The molecule has 0 aromatic heterocycles. The number of ether oxygens (including phenoxy) is 1. The third kappa shape index (κ3) is 6.99. The molecule has 2 amide bonds. The van der Waals surface area contributed by atoms with Crippen molar-refractivity contribution in [3.63, 3.8) is 0 Å². The first-order chi connectivity index (χ1) is 13.1. The molecule has 0 aliphatic heterocycles. The zero-order chi connectivity index (χ0) is 19.5. The molecule has 0 fully saturated rings. The summed E-state index contributed by atoms with van der Waals surface area (Å²) in [6.07, 6.45) is 1.95. The van der Waals surface area contributed by atoms with Crippen molar-refractivity contribution in [1.29, 1.82) is 0 Å². The molecule has 0 radical (unpaired) electrons. The molecule has 0 unspecified atom stereocenters. The number of nitrogens with one attached hydrogen (secondary N) is 2. The number of amides is 2. The van der Waals surface area contributed by atoms with Crippen LogP contribution in [0.25, 0.3) is 0 Å². The van der Waals surface area contributed by atoms with E-state index in [-0.39, 0.29) is 0 Å². The Kier molecular flexibility index (Phi) is 8.12. The molecule has 2 rings (SSSR count). The van der Waals surface area contributed by atoms with Gasteiger partial charge < -0.3 is 15.4 Å². The number of carbonyl (C=O) groups is 2. The topological polar surface area (TPSA) is 96.9 Å². The van der Waals surface area contributed by atoms with Gasteiger partial charge in [-0.05, 0) is 36.2 Å². The summed E-state index contributed by atoms with van der Waals surface area (Å²) in [6, 6.07) is 15.2. The minimum atomic E-state index is -0.900. The number of anilines is 1. The predicted molar refractivity (Wildman–Crippen MR) is 101 cm³/mol. The van der Waals surface area contributed by atoms with Gasteiger partial charge in [0.1, 0.15) is 18.4 Å². The van der Waals surface area contributed by atoms with Crippen molar-refractivity contribution >= 4 is 17.7 Å². The highest BCUT2D eigenvalue weighted by Crippen LogP contribution is 2.17. The van der Waals surface area contributed by atoms with Gasteiger partial charge in [-0.3, -0.25) is 4.89 Å². The number of rotatable bonds is 9. The quantitative estimate of drug-likeness (QED) is 0.457. The van der Waals surface area contributed by atoms with Crippen molar-refractivity contribution in [2.75, 3.05) is 5.32 Å². The Morgan fingerprint density at radius 1 is 1.07 bits per heavy atom. The molecule has 0 aliphatic rings. The zero-order valence-corrected chi connectivity index (χ0v) is 15.2. The van der Waals surface area contributed by atoms with Gasteiger partial charge in [0, 0.05) is 5.69 Å². The van der Waals surface area contributed by atoms with Gasteiger partial charge in [-0.1, -0.05) is 50.1 Å². The molecule has 0 aliphatic carbocycles. The summed E-state index contributed by atoms with van der Waals surface area (Å²) in [4.78, 5) is 27.3. The smallest absolute Gasteiger partial charge is 0.364 e. The highest BCUT2D eigenvalue weighted by atomic mass is 17.1. The molecular weight excluding hydrogens is 348 g/mol. The van der Waals surface area contributed by atoms with Gasteiger partial charge in [0.15, 0.2) is 0 Å². The third-order valence-electron chi connectivity index (χ3n) is 3.89. The fraction of sp³-hybridized carbons (Fsp3) is 0.300. The lowest BCUT2D eigenvalue weighted by molar-refractivity contribution is -0.236. The Morgan fingerprint density at radius 2 is 1.78 bits per heavy atom. The average Bonchev–Trinajstić information content (AvgIpc) is 2.70. The van der Waals surface area contributed by atoms with Crippen molar-refractivity contribution in [2.45, 2.75) is 38.8 Å². The van der Waals surface area contributed by atoms with Crippen molar-refractivity contribution in [2.24, 2.45) is 0 Å². The fourth-order valence-corrected chi connectivity index (χ4v) is 2.42. The first kappa shape index (κ1) is 20.3. The largest absolute Gasteiger partial charge is 0.489 e. The van der Waals surface area contributed by atoms with E-state index in [2.05, 4.69) is 15.5 Å². The monoisotopic (exact) mass is 372 g/mol. The highest BCUT2D eigenvalue weighted by Gasteiger charge is 2.22. The van der Waals surface area contributed by atoms with E-state index in [4.69, 9.17) is 9.99 Å². The molecule has 27 heavy (non-hydrogen) atoms. The van der Waals surface area contributed by atoms with Gasteiger partial charge in [0.25, 0.3) is 0 Å². The number of unbranched alkanes of at least 4 members (excludes halogenated alkanes) is 1. The Bertz CT molecular complexity index is 719. The Balaban J connectivity index is 1.85. The van der Waals surface area contributed by atoms with Crippen LogP contribution in [0.4, 0.5) is 10.5 Å². The number of hydrogen-bond acceptors (Lipinski definition) is 5. The minimum absolute atomic E-state index is 0.385. The van der Waals surface area contributed by atoms with Gasteiger partial charge in [-0.15, -0.1) is 0 Å². The molecule has 7 nitrogen and oxygen atoms in total. The SMILES string of the molecule is CCCC[C@H](NC(=O)Nc1ccc(OCc2ccccc2)cc1)C(=O)OO. The van der Waals surface area contributed by atoms with Gasteiger partial charge in [0.05, 0.1) is 0 Å². The molecule has 144 valence electrons. The van der Waals surface area contributed by atoms with Crippen molar-refractivity contribution in [1.82, 2.24) is 5.32 Å². The van der Waals surface area contributed by atoms with Crippen LogP contribution < -0.4 is 15.4 Å². The summed E-state index contributed by atoms with van der Waals surface area (Å²) in [5, 5.41) is 13.7. The number of hydrogen-bond donors (Lipinski definition) is 3. The molecule has 0 saturated heterocycles. The van der Waals surface area contributed by atoms with Crippen molar-refractivity contribution < 1.29 is 24.5 Å². The molecule has 7 heteroatoms. The lowest BCUT2D eigenvalue weighted by Crippen LogP contribution is -2.43. The predicted octanol–water partition coefficient (Wildman–Crippen LogP) is 3.96. The van der Waals surface area contributed by atoms with E-state index < -0.39 is 18.0 Å². The highest BCUT2D eigenvalue weighted by molar-refractivity contribution is 5.92. The Hall–Kier alpha value is -3.06. The molecule has 3 N–H and O–H groups in total. The summed E-state index contributed by atoms with van der Waals surface area (Å²) in [5.74, 6) is -0.210. The second-order valence-electron chi connectivity index (χ2n) is 6.00. The number of urea groups is 1. The third-order valence-corrected chi connectivity index (χ3v) is 3.89. The van der Waals surface area contributed by atoms with E-state index in [0.717, 1.165) is 12.0 Å². The van der Waals surface area contributed by atoms with Gasteiger partial charge >= 0.3 is 12.0 Å². The van der Waals surface area contributed by atoms with Crippen LogP contribution in [-0.4, -0.2) is 23.3 Å². The van der Waals surface area contributed by atoms with Crippen LogP contribution in [0.1, 0.15) is 31.7 Å². The van der Waals surface area contributed by atoms with Gasteiger partial charge in [0.2, 0.25) is 0 Å². The first-order valence-corrected chi connectivity index (χ1v) is 8.82. The molecule has 2 aromatic carbocycles.